The van der Waals surface area contributed by atoms with Gasteiger partial charge in [-0.05, 0) is 66.1 Å². The predicted molar refractivity (Wildman–Crippen MR) is 121 cm³/mol. The van der Waals surface area contributed by atoms with E-state index in [0.29, 0.717) is 16.4 Å². The second-order valence-electron chi connectivity index (χ2n) is 7.20. The summed E-state index contributed by atoms with van der Waals surface area (Å²) in [6.45, 7) is -0.554. The Labute approximate surface area is 191 Å². The van der Waals surface area contributed by atoms with Crippen LogP contribution in [-0.4, -0.2) is 40.7 Å². The molecule has 164 valence electrons. The third-order valence-corrected chi connectivity index (χ3v) is 8.14. The van der Waals surface area contributed by atoms with Crippen molar-refractivity contribution in [3.63, 3.8) is 0 Å². The predicted octanol–water partition coefficient (Wildman–Crippen LogP) is 2.54. The highest BCUT2D eigenvalue weighted by molar-refractivity contribution is 14.1. The van der Waals surface area contributed by atoms with E-state index in [1.54, 1.807) is 6.07 Å². The van der Waals surface area contributed by atoms with Crippen LogP contribution in [0.5, 0.6) is 0 Å². The first-order valence-electron chi connectivity index (χ1n) is 8.92. The number of aliphatic hydroxyl groups excluding tert-OH is 2. The van der Waals surface area contributed by atoms with Crippen LogP contribution in [0.2, 0.25) is 5.02 Å². The molecule has 2 aromatic rings. The number of anilines is 3. The van der Waals surface area contributed by atoms with Crippen molar-refractivity contribution in [2.45, 2.75) is 30.1 Å². The molecule has 1 saturated carbocycles. The van der Waals surface area contributed by atoms with Crippen molar-refractivity contribution in [3.05, 3.63) is 49.0 Å². The second kappa shape index (κ2) is 8.61. The number of sulfonamides is 1. The van der Waals surface area contributed by atoms with Crippen molar-refractivity contribution in [1.82, 2.24) is 4.57 Å². The van der Waals surface area contributed by atoms with Crippen LogP contribution in [-0.2, 0) is 17.1 Å². The number of benzene rings is 1. The monoisotopic (exact) mass is 571 g/mol. The Morgan fingerprint density at radius 1 is 1.33 bits per heavy atom. The average Bonchev–Trinajstić information content (AvgIpc) is 3.45. The molecule has 0 amide bonds. The van der Waals surface area contributed by atoms with Gasteiger partial charge in [0, 0.05) is 10.6 Å². The number of aromatic nitrogens is 1. The number of halogens is 3. The average molecular weight is 572 g/mol. The topological polar surface area (TPSA) is 121 Å². The van der Waals surface area contributed by atoms with Gasteiger partial charge < -0.3 is 15.5 Å². The first kappa shape index (κ1) is 23.3. The van der Waals surface area contributed by atoms with Gasteiger partial charge in [-0.3, -0.25) is 14.1 Å². The minimum Gasteiger partial charge on any atom is -0.394 e. The van der Waals surface area contributed by atoms with Crippen LogP contribution in [0.15, 0.2) is 29.1 Å². The SMILES string of the molecule is Cn1c(Nc2ccc(I)cc2F)c(NS(=O)(=O)C2(C[C@@H](O)CO)CC2)cc(Cl)c1=O. The summed E-state index contributed by atoms with van der Waals surface area (Å²) in [5.74, 6) is -0.575. The Kier molecular flexibility index (Phi) is 6.68. The van der Waals surface area contributed by atoms with Crippen molar-refractivity contribution in [3.8, 4) is 0 Å². The van der Waals surface area contributed by atoms with Gasteiger partial charge in [0.1, 0.15) is 16.7 Å². The molecule has 1 aliphatic carbocycles. The molecule has 1 aliphatic rings. The van der Waals surface area contributed by atoms with Crippen LogP contribution in [0.1, 0.15) is 19.3 Å². The molecule has 0 bridgehead atoms. The number of aliphatic hydroxyl groups is 2. The molecule has 3 rings (SSSR count). The summed E-state index contributed by atoms with van der Waals surface area (Å²) in [6.07, 6.45) is -0.681. The quantitative estimate of drug-likeness (QED) is 0.362. The van der Waals surface area contributed by atoms with Crippen LogP contribution in [0, 0.1) is 9.39 Å². The zero-order valence-corrected chi connectivity index (χ0v) is 19.6. The molecule has 0 aliphatic heterocycles. The molecule has 12 heteroatoms. The molecule has 0 radical (unpaired) electrons. The minimum absolute atomic E-state index is 0.00610. The Hall–Kier alpha value is -1.41. The van der Waals surface area contributed by atoms with Crippen LogP contribution in [0.4, 0.5) is 21.6 Å². The van der Waals surface area contributed by atoms with Gasteiger partial charge in [-0.25, -0.2) is 12.8 Å². The maximum absolute atomic E-state index is 14.3. The summed E-state index contributed by atoms with van der Waals surface area (Å²) in [4.78, 5) is 12.3. The molecular formula is C18H20ClFIN3O5S. The second-order valence-corrected chi connectivity index (χ2v) is 10.9. The van der Waals surface area contributed by atoms with E-state index in [9.17, 15) is 22.7 Å². The maximum atomic E-state index is 14.3. The molecule has 1 aromatic carbocycles. The van der Waals surface area contributed by atoms with Crippen molar-refractivity contribution >= 4 is 61.4 Å². The number of hydrogen-bond acceptors (Lipinski definition) is 6. The fourth-order valence-corrected chi connectivity index (χ4v) is 5.52. The number of rotatable bonds is 8. The van der Waals surface area contributed by atoms with E-state index in [-0.39, 0.29) is 28.6 Å². The van der Waals surface area contributed by atoms with Gasteiger partial charge in [0.2, 0.25) is 10.0 Å². The summed E-state index contributed by atoms with van der Waals surface area (Å²) in [5.41, 5.74) is -0.584. The highest BCUT2D eigenvalue weighted by atomic mass is 127. The van der Waals surface area contributed by atoms with E-state index in [2.05, 4.69) is 10.0 Å². The van der Waals surface area contributed by atoms with Crippen LogP contribution in [0.25, 0.3) is 0 Å². The third-order valence-electron chi connectivity index (χ3n) is 5.00. The molecule has 30 heavy (non-hydrogen) atoms. The summed E-state index contributed by atoms with van der Waals surface area (Å²) in [6, 6.07) is 5.57. The van der Waals surface area contributed by atoms with Crippen LogP contribution in [0.3, 0.4) is 0 Å². The Balaban J connectivity index is 2.01. The normalized spacial score (nSPS) is 16.2. The molecule has 0 unspecified atom stereocenters. The minimum atomic E-state index is -4.01. The zero-order chi connectivity index (χ0) is 22.3. The lowest BCUT2D eigenvalue weighted by Crippen LogP contribution is -2.35. The van der Waals surface area contributed by atoms with Gasteiger partial charge in [-0.15, -0.1) is 0 Å². The van der Waals surface area contributed by atoms with Crippen molar-refractivity contribution in [2.75, 3.05) is 16.6 Å². The first-order chi connectivity index (χ1) is 14.0. The Morgan fingerprint density at radius 3 is 2.57 bits per heavy atom. The number of pyridine rings is 1. The van der Waals surface area contributed by atoms with Gasteiger partial charge in [-0.2, -0.15) is 0 Å². The van der Waals surface area contributed by atoms with Gasteiger partial charge in [0.25, 0.3) is 5.56 Å². The molecule has 4 N–H and O–H groups in total. The summed E-state index contributed by atoms with van der Waals surface area (Å²) < 4.78 is 43.3. The number of hydrogen-bond donors (Lipinski definition) is 4. The van der Waals surface area contributed by atoms with E-state index in [4.69, 9.17) is 16.7 Å². The molecule has 1 fully saturated rings. The fourth-order valence-electron chi connectivity index (χ4n) is 3.12. The van der Waals surface area contributed by atoms with Crippen LogP contribution < -0.4 is 15.6 Å². The van der Waals surface area contributed by atoms with Crippen molar-refractivity contribution < 1.29 is 23.0 Å². The molecule has 0 spiro atoms. The molecule has 1 heterocycles. The Bertz CT molecular complexity index is 1140. The highest BCUT2D eigenvalue weighted by Crippen LogP contribution is 2.48. The highest BCUT2D eigenvalue weighted by Gasteiger charge is 2.55. The van der Waals surface area contributed by atoms with E-state index < -0.39 is 38.9 Å². The van der Waals surface area contributed by atoms with Crippen molar-refractivity contribution in [1.29, 1.82) is 0 Å². The van der Waals surface area contributed by atoms with Crippen LogP contribution >= 0.6 is 34.2 Å². The van der Waals surface area contributed by atoms with E-state index >= 15 is 0 Å². The molecular weight excluding hydrogens is 552 g/mol. The fraction of sp³-hybridized carbons (Fsp3) is 0.389. The third kappa shape index (κ3) is 4.59. The van der Waals surface area contributed by atoms with E-state index in [1.807, 2.05) is 22.6 Å². The Morgan fingerprint density at radius 2 is 2.00 bits per heavy atom. The van der Waals surface area contributed by atoms with Gasteiger partial charge >= 0.3 is 0 Å². The summed E-state index contributed by atoms with van der Waals surface area (Å²) in [5, 5.41) is 21.3. The largest absolute Gasteiger partial charge is 0.394 e. The molecule has 8 nitrogen and oxygen atoms in total. The lowest BCUT2D eigenvalue weighted by Gasteiger charge is -2.22. The van der Waals surface area contributed by atoms with E-state index in [0.717, 1.165) is 10.6 Å². The molecule has 1 aromatic heterocycles. The van der Waals surface area contributed by atoms with E-state index in [1.165, 1.54) is 19.2 Å². The van der Waals surface area contributed by atoms with Crippen molar-refractivity contribution in [2.24, 2.45) is 7.05 Å². The molecule has 1 atom stereocenters. The number of nitrogens with zero attached hydrogens (tertiary/aromatic N) is 1. The van der Waals surface area contributed by atoms with Gasteiger partial charge in [0.05, 0.1) is 28.8 Å². The molecule has 0 saturated heterocycles. The standard InChI is InChI=1S/C18H20ClFIN3O5S/c1-24-16(22-14-3-2-10(21)6-13(14)20)15(7-12(19)17(24)27)23-30(28,29)18(4-5-18)8-11(26)9-25/h2-3,6-7,11,22-23,25-26H,4-5,8-9H2,1H3/t11-/m1/s1. The first-order valence-corrected chi connectivity index (χ1v) is 11.9. The summed E-state index contributed by atoms with van der Waals surface area (Å²) >= 11 is 7.92. The maximum Gasteiger partial charge on any atom is 0.270 e. The lowest BCUT2D eigenvalue weighted by molar-refractivity contribution is 0.0858. The smallest absolute Gasteiger partial charge is 0.270 e. The zero-order valence-electron chi connectivity index (χ0n) is 15.8. The summed E-state index contributed by atoms with van der Waals surface area (Å²) in [7, 11) is -2.64. The van der Waals surface area contributed by atoms with Gasteiger partial charge in [-0.1, -0.05) is 11.6 Å². The van der Waals surface area contributed by atoms with Gasteiger partial charge in [0.15, 0.2) is 0 Å². The number of nitrogens with one attached hydrogen (secondary N) is 2. The lowest BCUT2D eigenvalue weighted by atomic mass is 10.2.